The summed E-state index contributed by atoms with van der Waals surface area (Å²) in [7, 11) is 0. The van der Waals surface area contributed by atoms with Gasteiger partial charge in [0.2, 0.25) is 0 Å². The summed E-state index contributed by atoms with van der Waals surface area (Å²) >= 11 is 0. The van der Waals surface area contributed by atoms with Crippen molar-refractivity contribution in [3.63, 3.8) is 0 Å². The van der Waals surface area contributed by atoms with Gasteiger partial charge in [0, 0.05) is 5.69 Å². The van der Waals surface area contributed by atoms with E-state index in [2.05, 4.69) is 4.98 Å². The zero-order chi connectivity index (χ0) is 6.85. The molecular formula is C7H10FN. The lowest BCUT2D eigenvalue weighted by atomic mass is 10.2. The van der Waals surface area contributed by atoms with Crippen molar-refractivity contribution in [2.45, 2.75) is 20.3 Å². The van der Waals surface area contributed by atoms with E-state index in [-0.39, 0.29) is 5.95 Å². The molecule has 9 heavy (non-hydrogen) atoms. The second-order valence-electron chi connectivity index (χ2n) is 2.13. The Morgan fingerprint density at radius 2 is 2.33 bits per heavy atom. The third-order valence-electron chi connectivity index (χ3n) is 1.44. The molecule has 0 saturated heterocycles. The Morgan fingerprint density at radius 1 is 1.67 bits per heavy atom. The van der Waals surface area contributed by atoms with Crippen molar-refractivity contribution in [2.24, 2.45) is 0 Å². The second kappa shape index (κ2) is 2.21. The summed E-state index contributed by atoms with van der Waals surface area (Å²) in [6.07, 6.45) is 0.871. The molecule has 1 aromatic heterocycles. The topological polar surface area (TPSA) is 15.8 Å². The van der Waals surface area contributed by atoms with Gasteiger partial charge in [-0.2, -0.15) is 4.39 Å². The Kier molecular flexibility index (Phi) is 1.56. The Labute approximate surface area is 53.9 Å². The van der Waals surface area contributed by atoms with E-state index in [1.807, 2.05) is 13.8 Å². The molecule has 1 nitrogen and oxygen atoms in total. The van der Waals surface area contributed by atoms with Crippen LogP contribution in [0.2, 0.25) is 0 Å². The smallest absolute Gasteiger partial charge is 0.191 e. The average Bonchev–Trinajstić information content (AvgIpc) is 2.10. The van der Waals surface area contributed by atoms with Crippen LogP contribution in [0.1, 0.15) is 18.2 Å². The number of aryl methyl sites for hydroxylation is 2. The standard InChI is InChI=1S/C7H10FN/c1-3-6-5(2)4-7(8)9-6/h4,9H,3H2,1-2H3. The molecule has 1 rings (SSSR count). The van der Waals surface area contributed by atoms with Crippen molar-refractivity contribution in [1.29, 1.82) is 0 Å². The number of H-pyrrole nitrogens is 1. The number of halogens is 1. The van der Waals surface area contributed by atoms with Crippen molar-refractivity contribution in [2.75, 3.05) is 0 Å². The molecule has 50 valence electrons. The summed E-state index contributed by atoms with van der Waals surface area (Å²) < 4.78 is 12.3. The summed E-state index contributed by atoms with van der Waals surface area (Å²) in [6.45, 7) is 3.90. The fraction of sp³-hybridized carbons (Fsp3) is 0.429. The van der Waals surface area contributed by atoms with Crippen LogP contribution in [0.4, 0.5) is 4.39 Å². The summed E-state index contributed by atoms with van der Waals surface area (Å²) in [6, 6.07) is 1.51. The molecule has 0 aliphatic carbocycles. The van der Waals surface area contributed by atoms with Crippen LogP contribution in [0.3, 0.4) is 0 Å². The van der Waals surface area contributed by atoms with Gasteiger partial charge in [-0.25, -0.2) is 0 Å². The Morgan fingerprint density at radius 3 is 2.56 bits per heavy atom. The minimum atomic E-state index is -0.232. The molecule has 0 atom stereocenters. The van der Waals surface area contributed by atoms with Crippen LogP contribution in [0.5, 0.6) is 0 Å². The fourth-order valence-corrected chi connectivity index (χ4v) is 0.923. The molecule has 0 unspecified atom stereocenters. The normalized spacial score (nSPS) is 10.1. The summed E-state index contributed by atoms with van der Waals surface area (Å²) in [4.78, 5) is 2.63. The molecule has 0 spiro atoms. The maximum atomic E-state index is 12.3. The number of aromatic nitrogens is 1. The highest BCUT2D eigenvalue weighted by molar-refractivity contribution is 5.18. The minimum Gasteiger partial charge on any atom is -0.335 e. The van der Waals surface area contributed by atoms with E-state index in [4.69, 9.17) is 0 Å². The van der Waals surface area contributed by atoms with E-state index in [1.54, 1.807) is 0 Å². The first-order valence-corrected chi connectivity index (χ1v) is 3.08. The van der Waals surface area contributed by atoms with Crippen LogP contribution in [-0.4, -0.2) is 4.98 Å². The molecular weight excluding hydrogens is 117 g/mol. The van der Waals surface area contributed by atoms with E-state index in [0.717, 1.165) is 17.7 Å². The first-order chi connectivity index (χ1) is 4.24. The predicted molar refractivity (Wildman–Crippen MR) is 34.9 cm³/mol. The zero-order valence-corrected chi connectivity index (χ0v) is 5.66. The number of nitrogens with one attached hydrogen (secondary N) is 1. The van der Waals surface area contributed by atoms with Crippen molar-refractivity contribution < 1.29 is 4.39 Å². The monoisotopic (exact) mass is 127 g/mol. The Bertz CT molecular complexity index is 203. The molecule has 0 fully saturated rings. The van der Waals surface area contributed by atoms with Crippen molar-refractivity contribution in [3.8, 4) is 0 Å². The number of hydrogen-bond acceptors (Lipinski definition) is 0. The van der Waals surface area contributed by atoms with Crippen molar-refractivity contribution >= 4 is 0 Å². The average molecular weight is 127 g/mol. The maximum absolute atomic E-state index is 12.3. The molecule has 0 aromatic carbocycles. The van der Waals surface area contributed by atoms with Crippen molar-refractivity contribution in [1.82, 2.24) is 4.98 Å². The van der Waals surface area contributed by atoms with Crippen LogP contribution in [0.15, 0.2) is 6.07 Å². The van der Waals surface area contributed by atoms with Gasteiger partial charge in [-0.3, -0.25) is 0 Å². The molecule has 1 N–H and O–H groups in total. The van der Waals surface area contributed by atoms with Gasteiger partial charge in [-0.15, -0.1) is 0 Å². The van der Waals surface area contributed by atoms with Crippen LogP contribution >= 0.6 is 0 Å². The van der Waals surface area contributed by atoms with E-state index >= 15 is 0 Å². The zero-order valence-electron chi connectivity index (χ0n) is 5.66. The molecule has 0 bridgehead atoms. The molecule has 0 aliphatic rings. The van der Waals surface area contributed by atoms with Gasteiger partial charge < -0.3 is 4.98 Å². The highest BCUT2D eigenvalue weighted by Crippen LogP contribution is 2.07. The van der Waals surface area contributed by atoms with E-state index < -0.39 is 0 Å². The van der Waals surface area contributed by atoms with Crippen LogP contribution in [-0.2, 0) is 6.42 Å². The summed E-state index contributed by atoms with van der Waals surface area (Å²) in [5, 5.41) is 0. The van der Waals surface area contributed by atoms with E-state index in [9.17, 15) is 4.39 Å². The fourth-order valence-electron chi connectivity index (χ4n) is 0.923. The van der Waals surface area contributed by atoms with Crippen LogP contribution in [0, 0.1) is 12.9 Å². The third-order valence-corrected chi connectivity index (χ3v) is 1.44. The summed E-state index contributed by atoms with van der Waals surface area (Å²) in [5.74, 6) is -0.232. The number of aromatic amines is 1. The van der Waals surface area contributed by atoms with Crippen molar-refractivity contribution in [3.05, 3.63) is 23.3 Å². The molecule has 2 heteroatoms. The molecule has 0 saturated carbocycles. The number of rotatable bonds is 1. The highest BCUT2D eigenvalue weighted by Gasteiger charge is 1.99. The third kappa shape index (κ3) is 1.12. The Hall–Kier alpha value is -0.790. The second-order valence-corrected chi connectivity index (χ2v) is 2.13. The lowest BCUT2D eigenvalue weighted by Gasteiger charge is -1.89. The molecule has 0 amide bonds. The Balaban J connectivity index is 3.01. The van der Waals surface area contributed by atoms with Gasteiger partial charge in [-0.05, 0) is 25.0 Å². The quantitative estimate of drug-likeness (QED) is 0.594. The lowest BCUT2D eigenvalue weighted by molar-refractivity contribution is 0.588. The maximum Gasteiger partial charge on any atom is 0.191 e. The molecule has 0 aliphatic heterocycles. The molecule has 1 heterocycles. The highest BCUT2D eigenvalue weighted by atomic mass is 19.1. The van der Waals surface area contributed by atoms with Gasteiger partial charge in [0.25, 0.3) is 0 Å². The molecule has 1 aromatic rings. The summed E-state index contributed by atoms with van der Waals surface area (Å²) in [5.41, 5.74) is 2.00. The van der Waals surface area contributed by atoms with Gasteiger partial charge in [0.05, 0.1) is 0 Å². The van der Waals surface area contributed by atoms with Crippen LogP contribution < -0.4 is 0 Å². The first-order valence-electron chi connectivity index (χ1n) is 3.08. The first kappa shape index (κ1) is 6.33. The van der Waals surface area contributed by atoms with Gasteiger partial charge in [-0.1, -0.05) is 6.92 Å². The van der Waals surface area contributed by atoms with E-state index in [0.29, 0.717) is 0 Å². The van der Waals surface area contributed by atoms with E-state index in [1.165, 1.54) is 6.07 Å². The molecule has 0 radical (unpaired) electrons. The SMILES string of the molecule is CCc1[nH]c(F)cc1C. The lowest BCUT2D eigenvalue weighted by Crippen LogP contribution is -1.81. The van der Waals surface area contributed by atoms with Gasteiger partial charge >= 0.3 is 0 Å². The predicted octanol–water partition coefficient (Wildman–Crippen LogP) is 2.02. The largest absolute Gasteiger partial charge is 0.335 e. The van der Waals surface area contributed by atoms with Crippen LogP contribution in [0.25, 0.3) is 0 Å². The van der Waals surface area contributed by atoms with Gasteiger partial charge in [0.1, 0.15) is 0 Å². The van der Waals surface area contributed by atoms with Gasteiger partial charge in [0.15, 0.2) is 5.95 Å². The minimum absolute atomic E-state index is 0.232. The number of hydrogen-bond donors (Lipinski definition) is 1.